The van der Waals surface area contributed by atoms with Gasteiger partial charge >= 0.3 is 0 Å². The highest BCUT2D eigenvalue weighted by molar-refractivity contribution is 8.00. The summed E-state index contributed by atoms with van der Waals surface area (Å²) in [6.07, 6.45) is 1.03. The van der Waals surface area contributed by atoms with Crippen LogP contribution in [-0.2, 0) is 11.3 Å². The Hall–Kier alpha value is -1.11. The van der Waals surface area contributed by atoms with Crippen LogP contribution in [0, 0.1) is 10.1 Å². The van der Waals surface area contributed by atoms with Gasteiger partial charge in [-0.05, 0) is 25.0 Å². The number of ether oxygens (including phenoxy) is 1. The number of hydrogen-bond donors (Lipinski definition) is 1. The first-order valence-electron chi connectivity index (χ1n) is 5.78. The molecule has 1 aromatic carbocycles. The van der Waals surface area contributed by atoms with Crippen molar-refractivity contribution in [2.24, 2.45) is 0 Å². The second-order valence-corrected chi connectivity index (χ2v) is 5.52. The van der Waals surface area contributed by atoms with Crippen LogP contribution in [0.4, 0.5) is 5.69 Å². The fraction of sp³-hybridized carbons (Fsp3) is 0.500. The standard InChI is InChI=1S/C12H15NO4S/c1-8-11(4-5-17-8)18-12-3-2-9(7-14)6-10(12)13(15)16/h2-3,6,8,11,14H,4-5,7H2,1H3. The van der Waals surface area contributed by atoms with Crippen LogP contribution >= 0.6 is 11.8 Å². The monoisotopic (exact) mass is 269 g/mol. The number of rotatable bonds is 4. The summed E-state index contributed by atoms with van der Waals surface area (Å²) in [7, 11) is 0. The van der Waals surface area contributed by atoms with Crippen LogP contribution in [0.1, 0.15) is 18.9 Å². The number of aliphatic hydroxyl groups is 1. The quantitative estimate of drug-likeness (QED) is 0.671. The van der Waals surface area contributed by atoms with Crippen LogP contribution in [0.2, 0.25) is 0 Å². The van der Waals surface area contributed by atoms with Crippen LogP contribution in [-0.4, -0.2) is 28.0 Å². The Labute approximate surface area is 109 Å². The predicted molar refractivity (Wildman–Crippen MR) is 68.7 cm³/mol. The number of nitrogens with zero attached hydrogens (tertiary/aromatic N) is 1. The maximum Gasteiger partial charge on any atom is 0.283 e. The average molecular weight is 269 g/mol. The number of hydrogen-bond acceptors (Lipinski definition) is 5. The van der Waals surface area contributed by atoms with Gasteiger partial charge in [-0.25, -0.2) is 0 Å². The Bertz CT molecular complexity index is 452. The minimum absolute atomic E-state index is 0.0608. The molecule has 2 rings (SSSR count). The van der Waals surface area contributed by atoms with Gasteiger partial charge in [0.2, 0.25) is 0 Å². The van der Waals surface area contributed by atoms with Crippen LogP contribution in [0.5, 0.6) is 0 Å². The molecule has 18 heavy (non-hydrogen) atoms. The Morgan fingerprint density at radius 1 is 1.61 bits per heavy atom. The minimum atomic E-state index is -0.401. The molecule has 5 nitrogen and oxygen atoms in total. The summed E-state index contributed by atoms with van der Waals surface area (Å²) in [4.78, 5) is 11.3. The van der Waals surface area contributed by atoms with Crippen molar-refractivity contribution in [1.29, 1.82) is 0 Å². The third kappa shape index (κ3) is 2.82. The lowest BCUT2D eigenvalue weighted by molar-refractivity contribution is -0.387. The SMILES string of the molecule is CC1OCCC1Sc1ccc(CO)cc1[N+](=O)[O-]. The average Bonchev–Trinajstić information content (AvgIpc) is 2.75. The highest BCUT2D eigenvalue weighted by Gasteiger charge is 2.28. The van der Waals surface area contributed by atoms with Crippen molar-refractivity contribution >= 4 is 17.4 Å². The second kappa shape index (κ2) is 5.69. The second-order valence-electron chi connectivity index (χ2n) is 4.24. The van der Waals surface area contributed by atoms with Crippen molar-refractivity contribution in [3.05, 3.63) is 33.9 Å². The largest absolute Gasteiger partial charge is 0.392 e. The Balaban J connectivity index is 2.23. The molecule has 6 heteroatoms. The summed E-state index contributed by atoms with van der Waals surface area (Å²) in [5.41, 5.74) is 0.618. The van der Waals surface area contributed by atoms with Gasteiger partial charge in [-0.15, -0.1) is 11.8 Å². The molecule has 1 fully saturated rings. The molecule has 1 N–H and O–H groups in total. The summed E-state index contributed by atoms with van der Waals surface area (Å²) in [5, 5.41) is 20.3. The highest BCUT2D eigenvalue weighted by atomic mass is 32.2. The lowest BCUT2D eigenvalue weighted by Crippen LogP contribution is -2.13. The maximum atomic E-state index is 11.0. The first-order valence-corrected chi connectivity index (χ1v) is 6.66. The van der Waals surface area contributed by atoms with Gasteiger partial charge in [-0.1, -0.05) is 6.07 Å². The number of thioether (sulfide) groups is 1. The Morgan fingerprint density at radius 2 is 2.39 bits per heavy atom. The van der Waals surface area contributed by atoms with Gasteiger partial charge in [0, 0.05) is 17.9 Å². The molecule has 0 bridgehead atoms. The first-order chi connectivity index (χ1) is 8.61. The normalized spacial score (nSPS) is 23.2. The van der Waals surface area contributed by atoms with Crippen LogP contribution in [0.3, 0.4) is 0 Å². The molecule has 1 aliphatic heterocycles. The molecule has 0 radical (unpaired) electrons. The highest BCUT2D eigenvalue weighted by Crippen LogP contribution is 2.37. The molecular weight excluding hydrogens is 254 g/mol. The lowest BCUT2D eigenvalue weighted by Gasteiger charge is -2.13. The van der Waals surface area contributed by atoms with E-state index in [2.05, 4.69) is 0 Å². The third-order valence-electron chi connectivity index (χ3n) is 2.99. The van der Waals surface area contributed by atoms with Gasteiger partial charge in [0.25, 0.3) is 5.69 Å². The van der Waals surface area contributed by atoms with Crippen molar-refractivity contribution in [3.63, 3.8) is 0 Å². The van der Waals surface area contributed by atoms with Gasteiger partial charge in [0.1, 0.15) is 0 Å². The van der Waals surface area contributed by atoms with E-state index in [9.17, 15) is 10.1 Å². The van der Waals surface area contributed by atoms with Crippen LogP contribution in [0.15, 0.2) is 23.1 Å². The van der Waals surface area contributed by atoms with Gasteiger partial charge in [0.15, 0.2) is 0 Å². The van der Waals surface area contributed by atoms with Crippen LogP contribution in [0.25, 0.3) is 0 Å². The summed E-state index contributed by atoms with van der Waals surface area (Å²) in [5.74, 6) is 0. The smallest absolute Gasteiger partial charge is 0.283 e. The molecule has 0 saturated carbocycles. The summed E-state index contributed by atoms with van der Waals surface area (Å²) in [6.45, 7) is 2.51. The van der Waals surface area contributed by atoms with E-state index in [-0.39, 0.29) is 23.6 Å². The van der Waals surface area contributed by atoms with Crippen molar-refractivity contribution < 1.29 is 14.8 Å². The van der Waals surface area contributed by atoms with E-state index in [1.165, 1.54) is 17.8 Å². The van der Waals surface area contributed by atoms with Crippen molar-refractivity contribution in [3.8, 4) is 0 Å². The zero-order valence-corrected chi connectivity index (χ0v) is 10.9. The fourth-order valence-corrected chi connectivity index (χ4v) is 3.14. The van der Waals surface area contributed by atoms with E-state index in [1.54, 1.807) is 12.1 Å². The lowest BCUT2D eigenvalue weighted by atomic mass is 10.2. The molecule has 2 unspecified atom stereocenters. The van der Waals surface area contributed by atoms with Crippen molar-refractivity contribution in [2.75, 3.05) is 6.61 Å². The van der Waals surface area contributed by atoms with E-state index in [0.717, 1.165) is 6.42 Å². The third-order valence-corrected chi connectivity index (χ3v) is 4.51. The minimum Gasteiger partial charge on any atom is -0.392 e. The van der Waals surface area contributed by atoms with Gasteiger partial charge in [-0.2, -0.15) is 0 Å². The number of aliphatic hydroxyl groups excluding tert-OH is 1. The topological polar surface area (TPSA) is 72.6 Å². The van der Waals surface area contributed by atoms with Crippen molar-refractivity contribution in [2.45, 2.75) is 36.2 Å². The first kappa shape index (κ1) is 13.3. The molecule has 0 spiro atoms. The number of benzene rings is 1. The molecule has 0 aliphatic carbocycles. The van der Waals surface area contributed by atoms with E-state index >= 15 is 0 Å². The van der Waals surface area contributed by atoms with Crippen LogP contribution < -0.4 is 0 Å². The zero-order valence-electron chi connectivity index (χ0n) is 10.0. The van der Waals surface area contributed by atoms with E-state index in [4.69, 9.17) is 9.84 Å². The Morgan fingerprint density at radius 3 is 2.94 bits per heavy atom. The summed E-state index contributed by atoms with van der Waals surface area (Å²) >= 11 is 1.49. The fourth-order valence-electron chi connectivity index (χ4n) is 1.93. The Kier molecular flexibility index (Phi) is 4.21. The maximum absolute atomic E-state index is 11.0. The zero-order chi connectivity index (χ0) is 13.1. The predicted octanol–water partition coefficient (Wildman–Crippen LogP) is 2.36. The summed E-state index contributed by atoms with van der Waals surface area (Å²) in [6, 6.07) is 4.86. The molecule has 1 saturated heterocycles. The van der Waals surface area contributed by atoms with Gasteiger partial charge in [0.05, 0.1) is 22.5 Å². The molecule has 0 amide bonds. The molecule has 2 atom stereocenters. The molecule has 98 valence electrons. The van der Waals surface area contributed by atoms with E-state index < -0.39 is 4.92 Å². The summed E-state index contributed by atoms with van der Waals surface area (Å²) < 4.78 is 5.45. The number of nitro benzene ring substituents is 1. The molecular formula is C12H15NO4S. The van der Waals surface area contributed by atoms with E-state index in [0.29, 0.717) is 17.1 Å². The molecule has 1 aromatic rings. The van der Waals surface area contributed by atoms with Gasteiger partial charge in [-0.3, -0.25) is 10.1 Å². The van der Waals surface area contributed by atoms with Gasteiger partial charge < -0.3 is 9.84 Å². The molecule has 1 heterocycles. The molecule has 1 aliphatic rings. The number of nitro groups is 1. The van der Waals surface area contributed by atoms with E-state index in [1.807, 2.05) is 6.92 Å². The van der Waals surface area contributed by atoms with Crippen molar-refractivity contribution in [1.82, 2.24) is 0 Å². The molecule has 0 aromatic heterocycles.